The van der Waals surface area contributed by atoms with Crippen LogP contribution in [-0.4, -0.2) is 9.97 Å². The molecular formula is C46H29N3S. The number of hydrogen-bond acceptors (Lipinski definition) is 3. The van der Waals surface area contributed by atoms with Crippen LogP contribution in [0.5, 0.6) is 0 Å². The maximum Gasteiger partial charge on any atom is 0.187 e. The number of benzene rings is 6. The van der Waals surface area contributed by atoms with Crippen molar-refractivity contribution < 1.29 is 0 Å². The predicted octanol–water partition coefficient (Wildman–Crippen LogP) is 13.0. The highest BCUT2D eigenvalue weighted by Gasteiger charge is 2.35. The molecule has 0 bridgehead atoms. The molecule has 1 aliphatic carbocycles. The fraction of sp³-hybridized carbons (Fsp3) is 0.0652. The molecule has 9 aromatic rings. The van der Waals surface area contributed by atoms with E-state index in [1.165, 1.54) is 53.6 Å². The van der Waals surface area contributed by atoms with Gasteiger partial charge in [0, 0.05) is 47.5 Å². The van der Waals surface area contributed by atoms with E-state index < -0.39 is 0 Å². The van der Waals surface area contributed by atoms with E-state index in [1.54, 1.807) is 0 Å². The van der Waals surface area contributed by atoms with Crippen molar-refractivity contribution in [1.82, 2.24) is 9.97 Å². The Morgan fingerprint density at radius 2 is 1.20 bits per heavy atom. The van der Waals surface area contributed by atoms with Gasteiger partial charge in [0.1, 0.15) is 0 Å². The van der Waals surface area contributed by atoms with Crippen LogP contribution in [-0.2, 0) is 5.41 Å². The normalized spacial score (nSPS) is 13.1. The Morgan fingerprint density at radius 3 is 1.94 bits per heavy atom. The molecule has 4 heteroatoms. The molecule has 50 heavy (non-hydrogen) atoms. The maximum absolute atomic E-state index is 7.56. The SMILES string of the molecule is [C-]#[N+]c1ccc2c(c1)C(C)(C)c1cc(-c3cccc4sc5ccc(-c6ccc7ccc8ccc(-c9ccccc9)nc8c7n6)cc5c34)ccc1-2. The van der Waals surface area contributed by atoms with Crippen molar-refractivity contribution >= 4 is 59.0 Å². The van der Waals surface area contributed by atoms with E-state index in [0.29, 0.717) is 5.69 Å². The second-order valence-electron chi connectivity index (χ2n) is 13.7. The van der Waals surface area contributed by atoms with Crippen molar-refractivity contribution in [2.24, 2.45) is 0 Å². The molecule has 234 valence electrons. The second kappa shape index (κ2) is 10.7. The Morgan fingerprint density at radius 1 is 0.540 bits per heavy atom. The number of aromatic nitrogens is 2. The second-order valence-corrected chi connectivity index (χ2v) is 14.8. The Balaban J connectivity index is 1.12. The average molecular weight is 656 g/mol. The highest BCUT2D eigenvalue weighted by atomic mass is 32.1. The van der Waals surface area contributed by atoms with Gasteiger partial charge in [0.25, 0.3) is 0 Å². The van der Waals surface area contributed by atoms with E-state index in [2.05, 4.69) is 134 Å². The summed E-state index contributed by atoms with van der Waals surface area (Å²) in [7, 11) is 0. The molecule has 3 aromatic heterocycles. The topological polar surface area (TPSA) is 30.1 Å². The fourth-order valence-corrected chi connectivity index (χ4v) is 9.00. The van der Waals surface area contributed by atoms with Crippen molar-refractivity contribution in [2.75, 3.05) is 0 Å². The van der Waals surface area contributed by atoms with Gasteiger partial charge < -0.3 is 0 Å². The molecule has 0 atom stereocenters. The zero-order chi connectivity index (χ0) is 33.6. The minimum atomic E-state index is -0.193. The number of nitrogens with zero attached hydrogens (tertiary/aromatic N) is 3. The van der Waals surface area contributed by atoms with E-state index in [0.717, 1.165) is 44.3 Å². The minimum absolute atomic E-state index is 0.193. The molecule has 0 radical (unpaired) electrons. The monoisotopic (exact) mass is 655 g/mol. The standard InChI is InChI=1S/C46H29N3S/c1-46(2)37-25-30(14-19-34(37)35-20-18-32(47-3)26-38(35)46)33-10-7-11-42-43(33)36-24-31(17-23-41(36)50-42)40-22-16-29-13-12-28-15-21-39(27-8-5-4-6-9-27)48-44(28)45(29)49-40/h4-26H,1-2H3. The zero-order valence-electron chi connectivity index (χ0n) is 27.5. The van der Waals surface area contributed by atoms with E-state index in [1.807, 2.05) is 35.6 Å². The van der Waals surface area contributed by atoms with Crippen LogP contribution >= 0.6 is 11.3 Å². The summed E-state index contributed by atoms with van der Waals surface area (Å²) in [5.41, 5.74) is 13.9. The molecule has 0 amide bonds. The van der Waals surface area contributed by atoms with Gasteiger partial charge in [0.05, 0.1) is 29.0 Å². The fourth-order valence-electron chi connectivity index (χ4n) is 7.89. The molecule has 0 saturated carbocycles. The number of thiophene rings is 1. The smallest absolute Gasteiger partial charge is 0.187 e. The largest absolute Gasteiger partial charge is 0.245 e. The van der Waals surface area contributed by atoms with Crippen molar-refractivity contribution in [1.29, 1.82) is 0 Å². The Labute approximate surface area is 294 Å². The lowest BCUT2D eigenvalue weighted by Gasteiger charge is -2.22. The van der Waals surface area contributed by atoms with Crippen molar-refractivity contribution in [3.05, 3.63) is 162 Å². The van der Waals surface area contributed by atoms with Crippen molar-refractivity contribution in [3.8, 4) is 44.8 Å². The van der Waals surface area contributed by atoms with Crippen LogP contribution in [0.25, 0.3) is 91.6 Å². The lowest BCUT2D eigenvalue weighted by molar-refractivity contribution is 0.661. The Kier molecular flexibility index (Phi) is 6.15. The maximum atomic E-state index is 7.56. The molecule has 3 heterocycles. The highest BCUT2D eigenvalue weighted by molar-refractivity contribution is 7.26. The van der Waals surface area contributed by atoms with Gasteiger partial charge >= 0.3 is 0 Å². The lowest BCUT2D eigenvalue weighted by Crippen LogP contribution is -2.14. The number of rotatable bonds is 3. The van der Waals surface area contributed by atoms with Gasteiger partial charge in [-0.1, -0.05) is 117 Å². The van der Waals surface area contributed by atoms with Crippen LogP contribution in [0.15, 0.2) is 140 Å². The Bertz CT molecular complexity index is 2910. The molecule has 3 nitrogen and oxygen atoms in total. The summed E-state index contributed by atoms with van der Waals surface area (Å²) in [5, 5.41) is 4.68. The molecule has 0 saturated heterocycles. The first-order valence-corrected chi connectivity index (χ1v) is 17.7. The van der Waals surface area contributed by atoms with E-state index in [9.17, 15) is 0 Å². The van der Waals surface area contributed by atoms with Crippen LogP contribution in [0.2, 0.25) is 0 Å². The third kappa shape index (κ3) is 4.27. The summed E-state index contributed by atoms with van der Waals surface area (Å²) in [5.74, 6) is 0. The van der Waals surface area contributed by atoms with Gasteiger partial charge in [-0.3, -0.25) is 0 Å². The molecule has 0 spiro atoms. The molecule has 0 aliphatic heterocycles. The van der Waals surface area contributed by atoms with Crippen LogP contribution in [0.3, 0.4) is 0 Å². The third-order valence-electron chi connectivity index (χ3n) is 10.5. The highest BCUT2D eigenvalue weighted by Crippen LogP contribution is 2.51. The summed E-state index contributed by atoms with van der Waals surface area (Å²) >= 11 is 1.84. The first-order valence-electron chi connectivity index (χ1n) is 16.9. The first-order chi connectivity index (χ1) is 24.5. The minimum Gasteiger partial charge on any atom is -0.245 e. The van der Waals surface area contributed by atoms with Crippen LogP contribution < -0.4 is 0 Å². The Hall–Kier alpha value is -6.15. The van der Waals surface area contributed by atoms with Gasteiger partial charge in [-0.25, -0.2) is 14.8 Å². The van der Waals surface area contributed by atoms with Crippen LogP contribution in [0.4, 0.5) is 5.69 Å². The molecule has 6 aromatic carbocycles. The molecule has 0 fully saturated rings. The zero-order valence-corrected chi connectivity index (χ0v) is 28.3. The summed E-state index contributed by atoms with van der Waals surface area (Å²) in [4.78, 5) is 14.1. The van der Waals surface area contributed by atoms with Gasteiger partial charge in [0.2, 0.25) is 0 Å². The molecule has 0 unspecified atom stereocenters. The first kappa shape index (κ1) is 28.8. The van der Waals surface area contributed by atoms with E-state index >= 15 is 0 Å². The van der Waals surface area contributed by atoms with Gasteiger partial charge in [0.15, 0.2) is 5.69 Å². The molecular weight excluding hydrogens is 627 g/mol. The molecule has 1 aliphatic rings. The number of fused-ring (bicyclic) bond motifs is 9. The predicted molar refractivity (Wildman–Crippen MR) is 210 cm³/mol. The summed E-state index contributed by atoms with van der Waals surface area (Å²) in [6.07, 6.45) is 0. The molecule has 0 N–H and O–H groups in total. The van der Waals surface area contributed by atoms with Crippen molar-refractivity contribution in [3.63, 3.8) is 0 Å². The quantitative estimate of drug-likeness (QED) is 0.140. The third-order valence-corrected chi connectivity index (χ3v) is 11.6. The van der Waals surface area contributed by atoms with Crippen LogP contribution in [0.1, 0.15) is 25.0 Å². The van der Waals surface area contributed by atoms with Gasteiger partial charge in [-0.15, -0.1) is 11.3 Å². The van der Waals surface area contributed by atoms with Gasteiger partial charge in [-0.2, -0.15) is 0 Å². The number of pyridine rings is 2. The summed E-state index contributed by atoms with van der Waals surface area (Å²) < 4.78 is 2.53. The van der Waals surface area contributed by atoms with Crippen molar-refractivity contribution in [2.45, 2.75) is 19.3 Å². The van der Waals surface area contributed by atoms with Crippen LogP contribution in [0, 0.1) is 6.57 Å². The van der Waals surface area contributed by atoms with Gasteiger partial charge in [-0.05, 0) is 69.8 Å². The summed E-state index contributed by atoms with van der Waals surface area (Å²) in [6.45, 7) is 12.1. The lowest BCUT2D eigenvalue weighted by atomic mass is 9.81. The van der Waals surface area contributed by atoms with E-state index in [-0.39, 0.29) is 5.41 Å². The number of hydrogen-bond donors (Lipinski definition) is 0. The van der Waals surface area contributed by atoms with E-state index in [4.69, 9.17) is 16.5 Å². The average Bonchev–Trinajstić information content (AvgIpc) is 3.65. The molecule has 10 rings (SSSR count). The summed E-state index contributed by atoms with van der Waals surface area (Å²) in [6, 6.07) is 49.6.